The molecular formula is C6H3F2N3O. The molecule has 0 aliphatic heterocycles. The molecule has 0 atom stereocenters. The first-order chi connectivity index (χ1) is 5.72. The summed E-state index contributed by atoms with van der Waals surface area (Å²) in [6, 6.07) is 1.64. The normalized spacial score (nSPS) is 9.50. The van der Waals surface area contributed by atoms with E-state index in [9.17, 15) is 8.78 Å². The van der Waals surface area contributed by atoms with E-state index in [0.29, 0.717) is 0 Å². The molecule has 0 aromatic carbocycles. The number of ether oxygens (including phenoxy) is 1. The lowest BCUT2D eigenvalue weighted by Crippen LogP contribution is -2.03. The van der Waals surface area contributed by atoms with Crippen molar-refractivity contribution in [3.8, 4) is 11.8 Å². The van der Waals surface area contributed by atoms with Gasteiger partial charge in [-0.15, -0.1) is 0 Å². The first-order valence-electron chi connectivity index (χ1n) is 2.89. The van der Waals surface area contributed by atoms with Crippen molar-refractivity contribution < 1.29 is 13.5 Å². The molecule has 4 nitrogen and oxygen atoms in total. The summed E-state index contributed by atoms with van der Waals surface area (Å²) in [7, 11) is 0. The van der Waals surface area contributed by atoms with Crippen LogP contribution in [0.15, 0.2) is 12.4 Å². The van der Waals surface area contributed by atoms with Crippen molar-refractivity contribution in [2.75, 3.05) is 0 Å². The lowest BCUT2D eigenvalue weighted by molar-refractivity contribution is -0.0503. The molecule has 62 valence electrons. The average molecular weight is 171 g/mol. The van der Waals surface area contributed by atoms with Crippen LogP contribution in [0.5, 0.6) is 5.75 Å². The summed E-state index contributed by atoms with van der Waals surface area (Å²) >= 11 is 0. The first kappa shape index (κ1) is 8.33. The predicted molar refractivity (Wildman–Crippen MR) is 33.4 cm³/mol. The molecule has 0 amide bonds. The van der Waals surface area contributed by atoms with Gasteiger partial charge in [-0.1, -0.05) is 0 Å². The fourth-order valence-electron chi connectivity index (χ4n) is 0.538. The van der Waals surface area contributed by atoms with Crippen molar-refractivity contribution in [3.05, 3.63) is 18.2 Å². The molecule has 1 rings (SSSR count). The Morgan fingerprint density at radius 2 is 2.00 bits per heavy atom. The van der Waals surface area contributed by atoms with Gasteiger partial charge in [-0.3, -0.25) is 0 Å². The molecule has 0 spiro atoms. The quantitative estimate of drug-likeness (QED) is 0.664. The summed E-state index contributed by atoms with van der Waals surface area (Å²) in [4.78, 5) is 6.84. The lowest BCUT2D eigenvalue weighted by Gasteiger charge is -2.01. The second-order valence-corrected chi connectivity index (χ2v) is 1.73. The molecule has 0 aliphatic carbocycles. The lowest BCUT2D eigenvalue weighted by atomic mass is 10.5. The van der Waals surface area contributed by atoms with Crippen LogP contribution in [0.4, 0.5) is 8.78 Å². The number of nitriles is 1. The van der Waals surface area contributed by atoms with Crippen molar-refractivity contribution in [1.29, 1.82) is 5.26 Å². The molecule has 12 heavy (non-hydrogen) atoms. The van der Waals surface area contributed by atoms with Crippen molar-refractivity contribution in [2.24, 2.45) is 0 Å². The molecule has 1 aromatic rings. The fraction of sp³-hybridized carbons (Fsp3) is 0.167. The summed E-state index contributed by atoms with van der Waals surface area (Å²) in [6.45, 7) is -2.90. The molecule has 0 radical (unpaired) electrons. The molecule has 0 fully saturated rings. The average Bonchev–Trinajstić information content (AvgIpc) is 2.05. The van der Waals surface area contributed by atoms with Crippen LogP contribution in [-0.2, 0) is 0 Å². The Labute approximate surface area is 66.4 Å². The molecular weight excluding hydrogens is 168 g/mol. The Bertz CT molecular complexity index is 293. The van der Waals surface area contributed by atoms with E-state index < -0.39 is 6.61 Å². The molecule has 0 unspecified atom stereocenters. The van der Waals surface area contributed by atoms with Gasteiger partial charge in [-0.25, -0.2) is 9.97 Å². The van der Waals surface area contributed by atoms with E-state index in [-0.39, 0.29) is 11.6 Å². The Hall–Kier alpha value is -1.77. The predicted octanol–water partition coefficient (Wildman–Crippen LogP) is 0.950. The molecule has 0 saturated heterocycles. The number of halogens is 2. The Balaban J connectivity index is 2.73. The molecule has 0 saturated carbocycles. The van der Waals surface area contributed by atoms with E-state index in [1.54, 1.807) is 6.07 Å². The SMILES string of the molecule is N#Cc1ncc(OC(F)F)cn1. The number of hydrogen-bond donors (Lipinski definition) is 0. The van der Waals surface area contributed by atoms with Gasteiger partial charge in [0.1, 0.15) is 6.07 Å². The number of alkyl halides is 2. The summed E-state index contributed by atoms with van der Waals surface area (Å²) in [5.74, 6) is -0.249. The maximum atomic E-state index is 11.6. The highest BCUT2D eigenvalue weighted by Crippen LogP contribution is 2.09. The third kappa shape index (κ3) is 2.12. The van der Waals surface area contributed by atoms with Crippen molar-refractivity contribution in [2.45, 2.75) is 6.61 Å². The van der Waals surface area contributed by atoms with E-state index in [2.05, 4.69) is 14.7 Å². The van der Waals surface area contributed by atoms with Gasteiger partial charge in [0, 0.05) is 0 Å². The van der Waals surface area contributed by atoms with Gasteiger partial charge >= 0.3 is 6.61 Å². The third-order valence-electron chi connectivity index (χ3n) is 0.953. The number of hydrogen-bond acceptors (Lipinski definition) is 4. The molecule has 1 heterocycles. The van der Waals surface area contributed by atoms with E-state index >= 15 is 0 Å². The van der Waals surface area contributed by atoms with Gasteiger partial charge in [-0.05, 0) is 0 Å². The Morgan fingerprint density at radius 1 is 1.42 bits per heavy atom. The fourth-order valence-corrected chi connectivity index (χ4v) is 0.538. The zero-order valence-corrected chi connectivity index (χ0v) is 5.74. The summed E-state index contributed by atoms with van der Waals surface area (Å²) in [6.07, 6.45) is 2.02. The standard InChI is InChI=1S/C6H3F2N3O/c7-6(8)12-4-2-10-5(1-9)11-3-4/h2-3,6H. The zero-order valence-electron chi connectivity index (χ0n) is 5.74. The molecule has 6 heteroatoms. The van der Waals surface area contributed by atoms with Crippen LogP contribution < -0.4 is 4.74 Å². The van der Waals surface area contributed by atoms with Crippen LogP contribution >= 0.6 is 0 Å². The number of rotatable bonds is 2. The second kappa shape index (κ2) is 3.57. The smallest absolute Gasteiger partial charge is 0.387 e. The minimum absolute atomic E-state index is 0.0865. The topological polar surface area (TPSA) is 58.8 Å². The number of aromatic nitrogens is 2. The van der Waals surface area contributed by atoms with Crippen LogP contribution in [0.25, 0.3) is 0 Å². The van der Waals surface area contributed by atoms with Gasteiger partial charge < -0.3 is 4.74 Å². The summed E-state index contributed by atoms with van der Waals surface area (Å²) in [5.41, 5.74) is 0. The van der Waals surface area contributed by atoms with Gasteiger partial charge in [0.2, 0.25) is 5.82 Å². The third-order valence-corrected chi connectivity index (χ3v) is 0.953. The molecule has 1 aromatic heterocycles. The Morgan fingerprint density at radius 3 is 2.42 bits per heavy atom. The monoisotopic (exact) mass is 171 g/mol. The molecule has 0 bridgehead atoms. The van der Waals surface area contributed by atoms with Crippen LogP contribution in [0, 0.1) is 11.3 Å². The summed E-state index contributed by atoms with van der Waals surface area (Å²) < 4.78 is 27.1. The van der Waals surface area contributed by atoms with Crippen LogP contribution in [-0.4, -0.2) is 16.6 Å². The largest absolute Gasteiger partial charge is 0.432 e. The second-order valence-electron chi connectivity index (χ2n) is 1.73. The minimum Gasteiger partial charge on any atom is -0.432 e. The van der Waals surface area contributed by atoms with Crippen molar-refractivity contribution in [3.63, 3.8) is 0 Å². The van der Waals surface area contributed by atoms with Gasteiger partial charge in [0.25, 0.3) is 0 Å². The van der Waals surface area contributed by atoms with E-state index in [1.807, 2.05) is 0 Å². The van der Waals surface area contributed by atoms with Crippen molar-refractivity contribution in [1.82, 2.24) is 9.97 Å². The van der Waals surface area contributed by atoms with Gasteiger partial charge in [-0.2, -0.15) is 14.0 Å². The van der Waals surface area contributed by atoms with E-state index in [1.165, 1.54) is 0 Å². The highest BCUT2D eigenvalue weighted by molar-refractivity contribution is 5.17. The Kier molecular flexibility index (Phi) is 2.48. The van der Waals surface area contributed by atoms with E-state index in [0.717, 1.165) is 12.4 Å². The molecule has 0 aliphatic rings. The van der Waals surface area contributed by atoms with Gasteiger partial charge in [0.15, 0.2) is 5.75 Å². The zero-order chi connectivity index (χ0) is 8.97. The van der Waals surface area contributed by atoms with Crippen LogP contribution in [0.2, 0.25) is 0 Å². The van der Waals surface area contributed by atoms with Crippen molar-refractivity contribution >= 4 is 0 Å². The van der Waals surface area contributed by atoms with E-state index in [4.69, 9.17) is 5.26 Å². The highest BCUT2D eigenvalue weighted by Gasteiger charge is 2.04. The van der Waals surface area contributed by atoms with Crippen LogP contribution in [0.3, 0.4) is 0 Å². The number of nitrogens with zero attached hydrogens (tertiary/aromatic N) is 3. The highest BCUT2D eigenvalue weighted by atomic mass is 19.3. The van der Waals surface area contributed by atoms with Gasteiger partial charge in [0.05, 0.1) is 12.4 Å². The first-order valence-corrected chi connectivity index (χ1v) is 2.89. The minimum atomic E-state index is -2.90. The summed E-state index contributed by atoms with van der Waals surface area (Å²) in [5, 5.41) is 8.25. The van der Waals surface area contributed by atoms with Crippen LogP contribution in [0.1, 0.15) is 5.82 Å². The maximum Gasteiger partial charge on any atom is 0.387 e. The maximum absolute atomic E-state index is 11.6. The molecule has 0 N–H and O–H groups in total.